The van der Waals surface area contributed by atoms with E-state index in [1.165, 1.54) is 0 Å². The van der Waals surface area contributed by atoms with E-state index in [4.69, 9.17) is 9.47 Å². The highest BCUT2D eigenvalue weighted by molar-refractivity contribution is 5.80. The Hall–Kier alpha value is -2.83. The lowest BCUT2D eigenvalue weighted by Gasteiger charge is -2.29. The summed E-state index contributed by atoms with van der Waals surface area (Å²) in [4.78, 5) is 26.1. The number of rotatable bonds is 3. The zero-order valence-electron chi connectivity index (χ0n) is 16.0. The number of para-hydroxylation sites is 1. The SMILES string of the molecule is COc1ccnc(N2CC3CN(C(=O)C4COc5ccccc5C4)CC3C2)n1. The van der Waals surface area contributed by atoms with E-state index in [1.807, 2.05) is 23.1 Å². The van der Waals surface area contributed by atoms with Crippen LogP contribution >= 0.6 is 0 Å². The summed E-state index contributed by atoms with van der Waals surface area (Å²) in [5.74, 6) is 3.30. The minimum atomic E-state index is -0.0773. The zero-order valence-corrected chi connectivity index (χ0v) is 16.0. The van der Waals surface area contributed by atoms with Crippen LogP contribution in [0.1, 0.15) is 5.56 Å². The lowest BCUT2D eigenvalue weighted by molar-refractivity contribution is -0.136. The molecule has 3 atom stereocenters. The lowest BCUT2D eigenvalue weighted by atomic mass is 9.95. The van der Waals surface area contributed by atoms with Crippen LogP contribution in [-0.2, 0) is 11.2 Å². The van der Waals surface area contributed by atoms with E-state index < -0.39 is 0 Å². The van der Waals surface area contributed by atoms with Gasteiger partial charge in [-0.3, -0.25) is 4.79 Å². The van der Waals surface area contributed by atoms with Gasteiger partial charge in [-0.05, 0) is 18.1 Å². The maximum Gasteiger partial charge on any atom is 0.229 e. The highest BCUT2D eigenvalue weighted by Gasteiger charge is 2.44. The maximum absolute atomic E-state index is 13.1. The summed E-state index contributed by atoms with van der Waals surface area (Å²) in [6, 6.07) is 9.77. The largest absolute Gasteiger partial charge is 0.492 e. The van der Waals surface area contributed by atoms with Gasteiger partial charge in [0.25, 0.3) is 0 Å². The Labute approximate surface area is 164 Å². The van der Waals surface area contributed by atoms with E-state index in [2.05, 4.69) is 20.9 Å². The first-order valence-electron chi connectivity index (χ1n) is 9.82. The van der Waals surface area contributed by atoms with Crippen molar-refractivity contribution >= 4 is 11.9 Å². The first kappa shape index (κ1) is 17.3. The van der Waals surface area contributed by atoms with Crippen LogP contribution in [0.15, 0.2) is 36.5 Å². The molecule has 3 unspecified atom stereocenters. The lowest BCUT2D eigenvalue weighted by Crippen LogP contribution is -2.41. The normalized spacial score (nSPS) is 25.8. The number of hydrogen-bond donors (Lipinski definition) is 0. The van der Waals surface area contributed by atoms with Crippen molar-refractivity contribution in [3.63, 3.8) is 0 Å². The molecule has 3 aliphatic rings. The minimum Gasteiger partial charge on any atom is -0.492 e. The van der Waals surface area contributed by atoms with Crippen LogP contribution in [0.2, 0.25) is 0 Å². The topological polar surface area (TPSA) is 67.8 Å². The molecule has 1 aromatic carbocycles. The van der Waals surface area contributed by atoms with Gasteiger partial charge in [0.15, 0.2) is 0 Å². The van der Waals surface area contributed by atoms with Gasteiger partial charge in [0.1, 0.15) is 12.4 Å². The first-order chi connectivity index (χ1) is 13.7. The van der Waals surface area contributed by atoms with Gasteiger partial charge in [-0.2, -0.15) is 4.98 Å². The number of benzene rings is 1. The van der Waals surface area contributed by atoms with Gasteiger partial charge >= 0.3 is 0 Å². The fraction of sp³-hybridized carbons (Fsp3) is 0.476. The van der Waals surface area contributed by atoms with E-state index in [0.29, 0.717) is 30.3 Å². The number of nitrogens with zero attached hydrogens (tertiary/aromatic N) is 4. The molecule has 0 saturated carbocycles. The van der Waals surface area contributed by atoms with Gasteiger partial charge in [-0.1, -0.05) is 18.2 Å². The molecule has 146 valence electrons. The molecular formula is C21H24N4O3. The van der Waals surface area contributed by atoms with Crippen molar-refractivity contribution in [1.29, 1.82) is 0 Å². The van der Waals surface area contributed by atoms with Gasteiger partial charge in [-0.15, -0.1) is 0 Å². The van der Waals surface area contributed by atoms with Crippen molar-refractivity contribution in [3.8, 4) is 11.6 Å². The predicted octanol–water partition coefficient (Wildman–Crippen LogP) is 1.63. The molecule has 1 amide bonds. The van der Waals surface area contributed by atoms with Gasteiger partial charge in [0.05, 0.1) is 13.0 Å². The second-order valence-corrected chi connectivity index (χ2v) is 7.89. The van der Waals surface area contributed by atoms with Crippen molar-refractivity contribution in [2.75, 3.05) is 44.8 Å². The Morgan fingerprint density at radius 3 is 2.71 bits per heavy atom. The van der Waals surface area contributed by atoms with Gasteiger partial charge in [0.2, 0.25) is 17.7 Å². The maximum atomic E-state index is 13.1. The molecule has 0 bridgehead atoms. The summed E-state index contributed by atoms with van der Waals surface area (Å²) in [5.41, 5.74) is 1.13. The average molecular weight is 380 g/mol. The second kappa shape index (κ2) is 6.96. The molecule has 5 rings (SSSR count). The Balaban J connectivity index is 1.22. The first-order valence-corrected chi connectivity index (χ1v) is 9.82. The number of likely N-dealkylation sites (tertiary alicyclic amines) is 1. The summed E-state index contributed by atoms with van der Waals surface area (Å²) in [5, 5.41) is 0. The quantitative estimate of drug-likeness (QED) is 0.806. The highest BCUT2D eigenvalue weighted by Crippen LogP contribution is 2.35. The second-order valence-electron chi connectivity index (χ2n) is 7.89. The van der Waals surface area contributed by atoms with Crippen LogP contribution in [0.5, 0.6) is 11.6 Å². The number of ether oxygens (including phenoxy) is 2. The molecular weight excluding hydrogens is 356 g/mol. The highest BCUT2D eigenvalue weighted by atomic mass is 16.5. The monoisotopic (exact) mass is 380 g/mol. The Morgan fingerprint density at radius 1 is 1.14 bits per heavy atom. The average Bonchev–Trinajstić information content (AvgIpc) is 3.32. The van der Waals surface area contributed by atoms with E-state index in [-0.39, 0.29) is 11.8 Å². The third kappa shape index (κ3) is 3.04. The predicted molar refractivity (Wildman–Crippen MR) is 103 cm³/mol. The van der Waals surface area contributed by atoms with Crippen LogP contribution in [0.25, 0.3) is 0 Å². The van der Waals surface area contributed by atoms with E-state index >= 15 is 0 Å². The fourth-order valence-corrected chi connectivity index (χ4v) is 4.68. The number of anilines is 1. The molecule has 2 saturated heterocycles. The van der Waals surface area contributed by atoms with Crippen LogP contribution in [0, 0.1) is 17.8 Å². The Morgan fingerprint density at radius 2 is 1.93 bits per heavy atom. The van der Waals surface area contributed by atoms with Crippen LogP contribution in [0.3, 0.4) is 0 Å². The van der Waals surface area contributed by atoms with Crippen LogP contribution in [-0.4, -0.2) is 60.7 Å². The molecule has 0 aliphatic carbocycles. The summed E-state index contributed by atoms with van der Waals surface area (Å²) < 4.78 is 11.0. The number of hydrogen-bond acceptors (Lipinski definition) is 6. The molecule has 2 fully saturated rings. The summed E-state index contributed by atoms with van der Waals surface area (Å²) >= 11 is 0. The smallest absolute Gasteiger partial charge is 0.229 e. The zero-order chi connectivity index (χ0) is 19.1. The number of methoxy groups -OCH3 is 1. The van der Waals surface area contributed by atoms with Crippen molar-refractivity contribution in [1.82, 2.24) is 14.9 Å². The molecule has 7 nitrogen and oxygen atoms in total. The van der Waals surface area contributed by atoms with Gasteiger partial charge < -0.3 is 19.3 Å². The van der Waals surface area contributed by atoms with E-state index in [0.717, 1.165) is 43.9 Å². The summed E-state index contributed by atoms with van der Waals surface area (Å²) in [6.45, 7) is 3.85. The number of carbonyl (C=O) groups excluding carboxylic acids is 1. The van der Waals surface area contributed by atoms with Crippen LogP contribution < -0.4 is 14.4 Å². The van der Waals surface area contributed by atoms with Gasteiger partial charge in [0, 0.05) is 50.3 Å². The van der Waals surface area contributed by atoms with Crippen LogP contribution in [0.4, 0.5) is 5.95 Å². The fourth-order valence-electron chi connectivity index (χ4n) is 4.68. The number of amides is 1. The van der Waals surface area contributed by atoms with E-state index in [9.17, 15) is 4.79 Å². The molecule has 0 N–H and O–H groups in total. The number of fused-ring (bicyclic) bond motifs is 2. The molecule has 0 radical (unpaired) electrons. The standard InChI is InChI=1S/C21H24N4O3/c1-27-19-6-7-22-21(23-19)25-11-16-9-24(10-17(16)12-25)20(26)15-8-14-4-2-3-5-18(14)28-13-15/h2-7,15-17H,8-13H2,1H3. The Bertz CT molecular complexity index is 875. The number of aromatic nitrogens is 2. The summed E-state index contributed by atoms with van der Waals surface area (Å²) in [7, 11) is 1.61. The molecule has 0 spiro atoms. The molecule has 3 aliphatic heterocycles. The van der Waals surface area contributed by atoms with E-state index in [1.54, 1.807) is 19.4 Å². The molecule has 1 aromatic heterocycles. The molecule has 7 heteroatoms. The molecule has 2 aromatic rings. The van der Waals surface area contributed by atoms with Gasteiger partial charge in [-0.25, -0.2) is 4.98 Å². The minimum absolute atomic E-state index is 0.0773. The van der Waals surface area contributed by atoms with Crippen molar-refractivity contribution in [2.45, 2.75) is 6.42 Å². The Kier molecular flexibility index (Phi) is 4.30. The van der Waals surface area contributed by atoms with Crippen molar-refractivity contribution in [3.05, 3.63) is 42.1 Å². The summed E-state index contributed by atoms with van der Waals surface area (Å²) in [6.07, 6.45) is 2.50. The molecule has 4 heterocycles. The molecule has 28 heavy (non-hydrogen) atoms. The third-order valence-electron chi connectivity index (χ3n) is 6.14. The third-order valence-corrected chi connectivity index (χ3v) is 6.14. The van der Waals surface area contributed by atoms with Crippen molar-refractivity contribution in [2.24, 2.45) is 17.8 Å². The number of carbonyl (C=O) groups is 1. The van der Waals surface area contributed by atoms with Crippen molar-refractivity contribution < 1.29 is 14.3 Å².